The lowest BCUT2D eigenvalue weighted by molar-refractivity contribution is -0.149. The highest BCUT2D eigenvalue weighted by Crippen LogP contribution is 2.28. The van der Waals surface area contributed by atoms with Crippen LogP contribution in [0.2, 0.25) is 0 Å². The van der Waals surface area contributed by atoms with Gasteiger partial charge in [0.1, 0.15) is 19.3 Å². The number of aliphatic hydroxyl groups excluding tert-OH is 3. The van der Waals surface area contributed by atoms with E-state index in [9.17, 15) is 25.2 Å². The van der Waals surface area contributed by atoms with Crippen LogP contribution in [-0.4, -0.2) is 70.1 Å². The number of hydrogen-bond acceptors (Lipinski definition) is 8. The molecule has 0 aromatic heterocycles. The van der Waals surface area contributed by atoms with Crippen LogP contribution in [0.3, 0.4) is 0 Å². The van der Waals surface area contributed by atoms with E-state index in [1.165, 1.54) is 71.6 Å². The van der Waals surface area contributed by atoms with E-state index in [1.807, 2.05) is 0 Å². The van der Waals surface area contributed by atoms with Gasteiger partial charge in [-0.15, -0.1) is 0 Å². The van der Waals surface area contributed by atoms with Gasteiger partial charge in [0.05, 0.1) is 18.3 Å². The van der Waals surface area contributed by atoms with Crippen molar-refractivity contribution >= 4 is 5.97 Å². The van der Waals surface area contributed by atoms with Crippen LogP contribution in [0.4, 0.5) is 0 Å². The van der Waals surface area contributed by atoms with Crippen molar-refractivity contribution in [2.24, 2.45) is 0 Å². The van der Waals surface area contributed by atoms with Gasteiger partial charge in [-0.2, -0.15) is 0 Å². The number of esters is 1. The lowest BCUT2D eigenvalue weighted by atomic mass is 10.0. The number of carbonyl (C=O) groups excluding carboxylic acids is 1. The molecular formula is C26H48O8. The summed E-state index contributed by atoms with van der Waals surface area (Å²) in [5.41, 5.74) is -1.19. The van der Waals surface area contributed by atoms with Crippen molar-refractivity contribution in [1.29, 1.82) is 0 Å². The topological polar surface area (TPSA) is 126 Å². The number of carbonyl (C=O) groups is 1. The Hall–Kier alpha value is -1.35. The molecule has 3 atom stereocenters. The van der Waals surface area contributed by atoms with E-state index in [2.05, 4.69) is 6.92 Å². The number of ether oxygens (including phenoxy) is 3. The van der Waals surface area contributed by atoms with Crippen LogP contribution in [-0.2, 0) is 19.0 Å². The molecule has 1 aliphatic rings. The van der Waals surface area contributed by atoms with Crippen LogP contribution in [0.1, 0.15) is 104 Å². The van der Waals surface area contributed by atoms with Crippen LogP contribution in [0.5, 0.6) is 0 Å². The molecule has 0 saturated carbocycles. The van der Waals surface area contributed by atoms with E-state index in [-0.39, 0.29) is 24.7 Å². The Morgan fingerprint density at radius 2 is 1.44 bits per heavy atom. The second-order valence-electron chi connectivity index (χ2n) is 10.0. The van der Waals surface area contributed by atoms with Crippen LogP contribution in [0.15, 0.2) is 11.5 Å². The average molecular weight is 489 g/mol. The molecule has 0 radical (unpaired) electrons. The molecule has 0 aliphatic carbocycles. The van der Waals surface area contributed by atoms with Crippen LogP contribution in [0, 0.1) is 0 Å². The summed E-state index contributed by atoms with van der Waals surface area (Å²) in [5, 5.41) is 39.3. The molecule has 1 heterocycles. The molecule has 8 nitrogen and oxygen atoms in total. The molecular weight excluding hydrogens is 440 g/mol. The van der Waals surface area contributed by atoms with Gasteiger partial charge in [-0.1, -0.05) is 84.0 Å². The summed E-state index contributed by atoms with van der Waals surface area (Å²) in [6.45, 7) is 4.38. The zero-order valence-electron chi connectivity index (χ0n) is 21.5. The van der Waals surface area contributed by atoms with Crippen LogP contribution < -0.4 is 0 Å². The van der Waals surface area contributed by atoms with Gasteiger partial charge in [-0.05, 0) is 20.3 Å². The number of rotatable bonds is 21. The predicted octanol–water partition coefficient (Wildman–Crippen LogP) is 3.73. The fourth-order valence-corrected chi connectivity index (χ4v) is 3.82. The summed E-state index contributed by atoms with van der Waals surface area (Å²) >= 11 is 0. The molecule has 200 valence electrons. The standard InChI is InChI=1S/C26H48O8/c1-4-5-6-7-8-9-10-11-12-13-14-15-16-20(28)18-32-24-23(33-19-26(2,3)31)22(21(29)17-27)34-25(24)30/h20-22,27-29,31H,4-19H2,1-3H3/t20?,21-,22+/m0/s1. The largest absolute Gasteiger partial charge is 0.487 e. The SMILES string of the molecule is CCCCCCCCCCCCCCC(O)COC1=C(OCC(C)(C)O)[C@@H]([C@@H](O)CO)OC1=O. The third kappa shape index (κ3) is 12.9. The van der Waals surface area contributed by atoms with Crippen molar-refractivity contribution in [2.75, 3.05) is 19.8 Å². The summed E-state index contributed by atoms with van der Waals surface area (Å²) < 4.78 is 16.1. The quantitative estimate of drug-likeness (QED) is 0.142. The van der Waals surface area contributed by atoms with E-state index >= 15 is 0 Å². The number of cyclic esters (lactones) is 1. The Labute approximate surface area is 205 Å². The first-order valence-corrected chi connectivity index (χ1v) is 13.1. The molecule has 0 saturated heterocycles. The van der Waals surface area contributed by atoms with Crippen molar-refractivity contribution in [3.05, 3.63) is 11.5 Å². The molecule has 0 amide bonds. The first-order valence-electron chi connectivity index (χ1n) is 13.1. The fourth-order valence-electron chi connectivity index (χ4n) is 3.82. The van der Waals surface area contributed by atoms with Gasteiger partial charge in [0.2, 0.25) is 5.76 Å². The fraction of sp³-hybridized carbons (Fsp3) is 0.885. The molecule has 1 aliphatic heterocycles. The minimum atomic E-state index is -1.38. The lowest BCUT2D eigenvalue weighted by Crippen LogP contribution is -2.34. The van der Waals surface area contributed by atoms with E-state index in [0.29, 0.717) is 6.42 Å². The normalized spacial score (nSPS) is 18.2. The highest BCUT2D eigenvalue weighted by Gasteiger charge is 2.42. The van der Waals surface area contributed by atoms with Gasteiger partial charge in [0.15, 0.2) is 11.9 Å². The molecule has 1 unspecified atom stereocenters. The summed E-state index contributed by atoms with van der Waals surface area (Å²) in [6.07, 6.45) is 12.1. The van der Waals surface area contributed by atoms with Gasteiger partial charge in [0, 0.05) is 0 Å². The molecule has 34 heavy (non-hydrogen) atoms. The van der Waals surface area contributed by atoms with E-state index in [1.54, 1.807) is 0 Å². The Morgan fingerprint density at radius 1 is 0.912 bits per heavy atom. The highest BCUT2D eigenvalue weighted by atomic mass is 16.6. The molecule has 0 spiro atoms. The van der Waals surface area contributed by atoms with Gasteiger partial charge in [-0.3, -0.25) is 0 Å². The number of unbranched alkanes of at least 4 members (excludes halogenated alkanes) is 11. The minimum Gasteiger partial charge on any atom is -0.487 e. The monoisotopic (exact) mass is 488 g/mol. The summed E-state index contributed by atoms with van der Waals surface area (Å²) in [6, 6.07) is 0. The number of hydrogen-bond donors (Lipinski definition) is 4. The maximum absolute atomic E-state index is 12.2. The smallest absolute Gasteiger partial charge is 0.378 e. The molecule has 1 rings (SSSR count). The lowest BCUT2D eigenvalue weighted by Gasteiger charge is -2.22. The molecule has 0 bridgehead atoms. The summed E-state index contributed by atoms with van der Waals surface area (Å²) in [5.74, 6) is -1.15. The molecule has 0 aromatic carbocycles. The maximum atomic E-state index is 12.2. The Morgan fingerprint density at radius 3 is 1.94 bits per heavy atom. The average Bonchev–Trinajstić information content (AvgIpc) is 3.11. The van der Waals surface area contributed by atoms with E-state index in [0.717, 1.165) is 19.3 Å². The second kappa shape index (κ2) is 17.1. The molecule has 8 heteroatoms. The van der Waals surface area contributed by atoms with Gasteiger partial charge >= 0.3 is 5.97 Å². The van der Waals surface area contributed by atoms with Gasteiger partial charge < -0.3 is 34.6 Å². The van der Waals surface area contributed by atoms with Crippen molar-refractivity contribution in [3.8, 4) is 0 Å². The van der Waals surface area contributed by atoms with Crippen molar-refractivity contribution in [1.82, 2.24) is 0 Å². The summed E-state index contributed by atoms with van der Waals surface area (Å²) in [4.78, 5) is 12.2. The van der Waals surface area contributed by atoms with Crippen molar-refractivity contribution in [2.45, 2.75) is 128 Å². The molecule has 0 aromatic rings. The predicted molar refractivity (Wildman–Crippen MR) is 130 cm³/mol. The Bertz CT molecular complexity index is 584. The first-order chi connectivity index (χ1) is 16.2. The van der Waals surface area contributed by atoms with E-state index in [4.69, 9.17) is 14.2 Å². The van der Waals surface area contributed by atoms with Gasteiger partial charge in [-0.25, -0.2) is 4.79 Å². The third-order valence-corrected chi connectivity index (χ3v) is 5.83. The van der Waals surface area contributed by atoms with Crippen molar-refractivity contribution < 1.29 is 39.4 Å². The Balaban J connectivity index is 2.30. The van der Waals surface area contributed by atoms with Crippen LogP contribution >= 0.6 is 0 Å². The van der Waals surface area contributed by atoms with Crippen molar-refractivity contribution in [3.63, 3.8) is 0 Å². The second-order valence-corrected chi connectivity index (χ2v) is 10.0. The number of aliphatic hydroxyl groups is 4. The first kappa shape index (κ1) is 30.7. The maximum Gasteiger partial charge on any atom is 0.378 e. The summed E-state index contributed by atoms with van der Waals surface area (Å²) in [7, 11) is 0. The zero-order chi connectivity index (χ0) is 25.4. The zero-order valence-corrected chi connectivity index (χ0v) is 21.5. The van der Waals surface area contributed by atoms with E-state index < -0.39 is 36.5 Å². The Kier molecular flexibility index (Phi) is 15.5. The van der Waals surface area contributed by atoms with Gasteiger partial charge in [0.25, 0.3) is 0 Å². The highest BCUT2D eigenvalue weighted by molar-refractivity contribution is 5.89. The molecule has 4 N–H and O–H groups in total. The minimum absolute atomic E-state index is 0.0776. The third-order valence-electron chi connectivity index (χ3n) is 5.83. The molecule has 0 fully saturated rings. The van der Waals surface area contributed by atoms with Crippen LogP contribution in [0.25, 0.3) is 0 Å².